The van der Waals surface area contributed by atoms with Gasteiger partial charge in [0.15, 0.2) is 0 Å². The van der Waals surface area contributed by atoms with Crippen LogP contribution >= 0.6 is 23.4 Å². The molecule has 0 saturated carbocycles. The Hall–Kier alpha value is -1.65. The molecule has 1 aliphatic heterocycles. The number of amides is 1. The summed E-state index contributed by atoms with van der Waals surface area (Å²) in [6, 6.07) is 16.3. The monoisotopic (exact) mass is 388 g/mol. The van der Waals surface area contributed by atoms with Gasteiger partial charge in [0.05, 0.1) is 0 Å². The van der Waals surface area contributed by atoms with Gasteiger partial charge in [-0.15, -0.1) is 11.8 Å². The molecule has 0 bridgehead atoms. The third kappa shape index (κ3) is 5.96. The Bertz CT molecular complexity index is 697. The fourth-order valence-corrected chi connectivity index (χ4v) is 4.04. The van der Waals surface area contributed by atoms with Crippen LogP contribution in [0.25, 0.3) is 0 Å². The maximum absolute atomic E-state index is 12.0. The van der Waals surface area contributed by atoms with Crippen LogP contribution in [0.5, 0.6) is 0 Å². The standard InChI is InChI=1S/C21H25ClN2OS/c22-18-6-10-20(11-7-18)26-15-12-21(25)23-16-17-4-8-19(9-5-17)24-13-2-1-3-14-24/h4-11H,1-3,12-16H2,(H,23,25). The molecule has 1 aliphatic rings. The zero-order chi connectivity index (χ0) is 18.2. The summed E-state index contributed by atoms with van der Waals surface area (Å²) in [7, 11) is 0. The van der Waals surface area contributed by atoms with E-state index < -0.39 is 0 Å². The lowest BCUT2D eigenvalue weighted by atomic mass is 10.1. The van der Waals surface area contributed by atoms with Gasteiger partial charge in [0.1, 0.15) is 0 Å². The van der Waals surface area contributed by atoms with Crippen LogP contribution in [0.1, 0.15) is 31.2 Å². The lowest BCUT2D eigenvalue weighted by molar-refractivity contribution is -0.120. The molecule has 0 unspecified atom stereocenters. The van der Waals surface area contributed by atoms with E-state index in [1.54, 1.807) is 11.8 Å². The lowest BCUT2D eigenvalue weighted by Crippen LogP contribution is -2.29. The SMILES string of the molecule is O=C(CCSc1ccc(Cl)cc1)NCc1ccc(N2CCCCC2)cc1. The number of nitrogens with one attached hydrogen (secondary N) is 1. The van der Waals surface area contributed by atoms with E-state index in [1.165, 1.54) is 24.9 Å². The second-order valence-corrected chi connectivity index (χ2v) is 8.15. The van der Waals surface area contributed by atoms with Crippen LogP contribution in [0.4, 0.5) is 5.69 Å². The number of rotatable bonds is 7. The van der Waals surface area contributed by atoms with Gasteiger partial charge in [-0.05, 0) is 61.2 Å². The highest BCUT2D eigenvalue weighted by molar-refractivity contribution is 7.99. The van der Waals surface area contributed by atoms with Gasteiger partial charge >= 0.3 is 0 Å². The van der Waals surface area contributed by atoms with Crippen molar-refractivity contribution in [1.82, 2.24) is 5.32 Å². The number of halogens is 1. The van der Waals surface area contributed by atoms with E-state index in [0.717, 1.165) is 34.3 Å². The molecule has 0 radical (unpaired) electrons. The molecule has 0 spiro atoms. The summed E-state index contributed by atoms with van der Waals surface area (Å²) in [6.07, 6.45) is 4.42. The number of thioether (sulfide) groups is 1. The van der Waals surface area contributed by atoms with Gasteiger partial charge in [0.25, 0.3) is 0 Å². The highest BCUT2D eigenvalue weighted by Crippen LogP contribution is 2.21. The number of hydrogen-bond acceptors (Lipinski definition) is 3. The van der Waals surface area contributed by atoms with Gasteiger partial charge in [0, 0.05) is 47.4 Å². The summed E-state index contributed by atoms with van der Waals surface area (Å²) in [6.45, 7) is 2.90. The van der Waals surface area contributed by atoms with Crippen LogP contribution in [-0.4, -0.2) is 24.7 Å². The normalized spacial score (nSPS) is 14.3. The number of benzene rings is 2. The smallest absolute Gasteiger partial charge is 0.221 e. The first-order chi connectivity index (χ1) is 12.7. The Morgan fingerprint density at radius 3 is 2.38 bits per heavy atom. The minimum absolute atomic E-state index is 0.0894. The van der Waals surface area contributed by atoms with Crippen LogP contribution < -0.4 is 10.2 Å². The van der Waals surface area contributed by atoms with Crippen molar-refractivity contribution in [1.29, 1.82) is 0 Å². The topological polar surface area (TPSA) is 32.3 Å². The quantitative estimate of drug-likeness (QED) is 0.667. The Labute approximate surface area is 165 Å². The molecule has 0 aromatic heterocycles. The average molecular weight is 389 g/mol. The molecule has 1 N–H and O–H groups in total. The van der Waals surface area contributed by atoms with E-state index in [0.29, 0.717) is 13.0 Å². The second-order valence-electron chi connectivity index (χ2n) is 6.54. The van der Waals surface area contributed by atoms with Crippen molar-refractivity contribution in [2.45, 2.75) is 37.1 Å². The molecule has 2 aromatic carbocycles. The largest absolute Gasteiger partial charge is 0.372 e. The van der Waals surface area contributed by atoms with Gasteiger partial charge in [-0.1, -0.05) is 23.7 Å². The molecule has 0 atom stereocenters. The molecule has 138 valence electrons. The molecule has 0 aliphatic carbocycles. The number of carbonyl (C=O) groups excluding carboxylic acids is 1. The third-order valence-electron chi connectivity index (χ3n) is 4.56. The van der Waals surface area contributed by atoms with E-state index in [2.05, 4.69) is 34.5 Å². The molecule has 1 fully saturated rings. The van der Waals surface area contributed by atoms with Crippen molar-refractivity contribution in [3.05, 3.63) is 59.1 Å². The zero-order valence-electron chi connectivity index (χ0n) is 14.9. The summed E-state index contributed by atoms with van der Waals surface area (Å²) < 4.78 is 0. The fraction of sp³-hybridized carbons (Fsp3) is 0.381. The summed E-state index contributed by atoms with van der Waals surface area (Å²) in [5, 5.41) is 3.74. The van der Waals surface area contributed by atoms with Crippen molar-refractivity contribution in [2.24, 2.45) is 0 Å². The molecule has 5 heteroatoms. The van der Waals surface area contributed by atoms with Crippen molar-refractivity contribution >= 4 is 35.0 Å². The molecule has 2 aromatic rings. The fourth-order valence-electron chi connectivity index (χ4n) is 3.06. The summed E-state index contributed by atoms with van der Waals surface area (Å²) >= 11 is 7.55. The van der Waals surface area contributed by atoms with E-state index in [-0.39, 0.29) is 5.91 Å². The molecule has 1 amide bonds. The van der Waals surface area contributed by atoms with Crippen LogP contribution in [-0.2, 0) is 11.3 Å². The first kappa shape index (κ1) is 19.1. The van der Waals surface area contributed by atoms with Gasteiger partial charge in [-0.3, -0.25) is 4.79 Å². The highest BCUT2D eigenvalue weighted by atomic mass is 35.5. The summed E-state index contributed by atoms with van der Waals surface area (Å²) in [5.41, 5.74) is 2.43. The minimum Gasteiger partial charge on any atom is -0.372 e. The molecular formula is C21H25ClN2OS. The number of piperidine rings is 1. The van der Waals surface area contributed by atoms with Gasteiger partial charge in [-0.2, -0.15) is 0 Å². The molecule has 3 nitrogen and oxygen atoms in total. The zero-order valence-corrected chi connectivity index (χ0v) is 16.5. The Morgan fingerprint density at radius 2 is 1.69 bits per heavy atom. The summed E-state index contributed by atoms with van der Waals surface area (Å²) in [5.74, 6) is 0.855. The minimum atomic E-state index is 0.0894. The molecule has 1 heterocycles. The van der Waals surface area contributed by atoms with Crippen molar-refractivity contribution in [2.75, 3.05) is 23.7 Å². The maximum Gasteiger partial charge on any atom is 0.221 e. The summed E-state index contributed by atoms with van der Waals surface area (Å²) in [4.78, 5) is 15.6. The predicted octanol–water partition coefficient (Wildman–Crippen LogP) is 5.13. The van der Waals surface area contributed by atoms with Crippen LogP contribution in [0.3, 0.4) is 0 Å². The molecule has 26 heavy (non-hydrogen) atoms. The van der Waals surface area contributed by atoms with E-state index >= 15 is 0 Å². The number of anilines is 1. The Morgan fingerprint density at radius 1 is 1.00 bits per heavy atom. The molecular weight excluding hydrogens is 364 g/mol. The third-order valence-corrected chi connectivity index (χ3v) is 5.82. The predicted molar refractivity (Wildman–Crippen MR) is 111 cm³/mol. The van der Waals surface area contributed by atoms with Gasteiger partial charge < -0.3 is 10.2 Å². The average Bonchev–Trinajstić information content (AvgIpc) is 2.69. The first-order valence-corrected chi connectivity index (χ1v) is 10.6. The highest BCUT2D eigenvalue weighted by Gasteiger charge is 2.10. The molecule has 3 rings (SSSR count). The first-order valence-electron chi connectivity index (χ1n) is 9.20. The Kier molecular flexibility index (Phi) is 7.27. The van der Waals surface area contributed by atoms with Crippen LogP contribution in [0.15, 0.2) is 53.4 Å². The van der Waals surface area contributed by atoms with E-state index in [4.69, 9.17) is 11.6 Å². The van der Waals surface area contributed by atoms with E-state index in [1.807, 2.05) is 24.3 Å². The van der Waals surface area contributed by atoms with Crippen LogP contribution in [0.2, 0.25) is 5.02 Å². The molecule has 1 saturated heterocycles. The lowest BCUT2D eigenvalue weighted by Gasteiger charge is -2.28. The van der Waals surface area contributed by atoms with Crippen LogP contribution in [0, 0.1) is 0 Å². The Balaban J connectivity index is 1.37. The van der Waals surface area contributed by atoms with Gasteiger partial charge in [-0.25, -0.2) is 0 Å². The van der Waals surface area contributed by atoms with Crippen molar-refractivity contribution in [3.8, 4) is 0 Å². The van der Waals surface area contributed by atoms with E-state index in [9.17, 15) is 4.79 Å². The second kappa shape index (κ2) is 9.89. The van der Waals surface area contributed by atoms with Gasteiger partial charge in [0.2, 0.25) is 5.91 Å². The maximum atomic E-state index is 12.0. The van der Waals surface area contributed by atoms with Crippen molar-refractivity contribution < 1.29 is 4.79 Å². The number of carbonyl (C=O) groups is 1. The number of hydrogen-bond donors (Lipinski definition) is 1. The van der Waals surface area contributed by atoms with Crippen molar-refractivity contribution in [3.63, 3.8) is 0 Å². The number of nitrogens with zero attached hydrogens (tertiary/aromatic N) is 1.